The van der Waals surface area contributed by atoms with Crippen molar-refractivity contribution in [2.75, 3.05) is 12.5 Å². The van der Waals surface area contributed by atoms with Gasteiger partial charge in [0.2, 0.25) is 0 Å². The molecule has 0 spiro atoms. The number of allylic oxidation sites excluding steroid dienone is 1. The third kappa shape index (κ3) is 8.71. The van der Waals surface area contributed by atoms with E-state index in [0.717, 1.165) is 0 Å². The van der Waals surface area contributed by atoms with Gasteiger partial charge in [-0.25, -0.2) is 0 Å². The minimum absolute atomic E-state index is 0. The molecule has 0 rings (SSSR count). The minimum atomic E-state index is -3.58. The van der Waals surface area contributed by atoms with Crippen LogP contribution in [0.15, 0.2) is 12.3 Å². The van der Waals surface area contributed by atoms with Crippen LogP contribution in [0.4, 0.5) is 0 Å². The van der Waals surface area contributed by atoms with Crippen molar-refractivity contribution >= 4 is 46.0 Å². The summed E-state index contributed by atoms with van der Waals surface area (Å²) in [6.07, 6.45) is 1.06. The third-order valence-electron chi connectivity index (χ3n) is 1.09. The zero-order valence-electron chi connectivity index (χ0n) is 7.45. The number of nitrogens with one attached hydrogen (secondary N) is 1. The van der Waals surface area contributed by atoms with Crippen molar-refractivity contribution < 1.29 is 17.4 Å². The maximum absolute atomic E-state index is 11.0. The zero-order chi connectivity index (χ0) is 10.3. The van der Waals surface area contributed by atoms with E-state index in [1.165, 1.54) is 0 Å². The van der Waals surface area contributed by atoms with Gasteiger partial charge in [-0.2, -0.15) is 8.42 Å². The molecule has 0 bridgehead atoms. The van der Waals surface area contributed by atoms with Crippen LogP contribution in [0.25, 0.3) is 0 Å². The summed E-state index contributed by atoms with van der Waals surface area (Å²) in [5, 5.41) is 2.31. The molecular formula is C7H14NNaO4S. The average Bonchev–Trinajstić information content (AvgIpc) is 2.11. The maximum atomic E-state index is 11.0. The first kappa shape index (κ1) is 16.5. The van der Waals surface area contributed by atoms with Crippen LogP contribution < -0.4 is 5.32 Å². The molecule has 0 aromatic carbocycles. The van der Waals surface area contributed by atoms with Crippen molar-refractivity contribution in [3.05, 3.63) is 12.3 Å². The van der Waals surface area contributed by atoms with Gasteiger partial charge in [0, 0.05) is 0 Å². The number of hydrogen-bond donors (Lipinski definition) is 1. The van der Waals surface area contributed by atoms with Crippen LogP contribution in [0.1, 0.15) is 13.3 Å². The summed E-state index contributed by atoms with van der Waals surface area (Å²) in [4.78, 5) is 10.0. The summed E-state index contributed by atoms with van der Waals surface area (Å²) < 4.78 is 26.5. The van der Waals surface area contributed by atoms with Crippen LogP contribution in [0.3, 0.4) is 0 Å². The Hall–Kier alpha value is 0.120. The molecule has 0 saturated carbocycles. The van der Waals surface area contributed by atoms with Crippen molar-refractivity contribution in [2.45, 2.75) is 13.3 Å². The van der Waals surface area contributed by atoms with Crippen molar-refractivity contribution in [2.24, 2.45) is 0 Å². The molecule has 14 heavy (non-hydrogen) atoms. The van der Waals surface area contributed by atoms with Gasteiger partial charge in [0.1, 0.15) is 5.88 Å². The molecule has 0 radical (unpaired) electrons. The van der Waals surface area contributed by atoms with E-state index in [0.29, 0.717) is 12.7 Å². The molecule has 0 heterocycles. The Kier molecular flexibility index (Phi) is 9.96. The summed E-state index contributed by atoms with van der Waals surface area (Å²) in [7, 11) is -3.58. The molecule has 0 aromatic rings. The molecule has 7 heteroatoms. The Bertz CT molecular complexity index is 275. The van der Waals surface area contributed by atoms with Gasteiger partial charge in [-0.15, -0.1) is 0 Å². The number of rotatable bonds is 7. The monoisotopic (exact) mass is 231 g/mol. The second-order valence-electron chi connectivity index (χ2n) is 2.34. The van der Waals surface area contributed by atoms with Gasteiger partial charge in [-0.1, -0.05) is 13.5 Å². The molecule has 0 atom stereocenters. The fourth-order valence-electron chi connectivity index (χ4n) is 0.475. The molecule has 0 aromatic heterocycles. The van der Waals surface area contributed by atoms with Crippen LogP contribution in [0.2, 0.25) is 0 Å². The molecule has 0 aliphatic heterocycles. The topological polar surface area (TPSA) is 72.5 Å². The Labute approximate surface area is 106 Å². The Morgan fingerprint density at radius 3 is 2.57 bits per heavy atom. The normalized spacial score (nSPS) is 10.1. The molecule has 0 amide bonds. The Balaban J connectivity index is 0. The molecule has 0 unspecified atom stereocenters. The van der Waals surface area contributed by atoms with Crippen molar-refractivity contribution in [3.63, 3.8) is 0 Å². The van der Waals surface area contributed by atoms with E-state index in [-0.39, 0.29) is 41.9 Å². The molecule has 5 nitrogen and oxygen atoms in total. The first-order chi connectivity index (χ1) is 6.02. The Morgan fingerprint density at radius 1 is 1.57 bits per heavy atom. The summed E-state index contributed by atoms with van der Waals surface area (Å²) in [6.45, 7) is 5.21. The van der Waals surface area contributed by atoms with Gasteiger partial charge in [-0.05, 0) is 6.42 Å². The number of hydrogen-bond acceptors (Lipinski definition) is 5. The SMILES string of the molecule is C=C(C=O)NCS(=O)(=O)OCCC.[NaH]. The summed E-state index contributed by atoms with van der Waals surface area (Å²) in [6, 6.07) is 0. The van der Waals surface area contributed by atoms with Gasteiger partial charge in [0.05, 0.1) is 12.3 Å². The summed E-state index contributed by atoms with van der Waals surface area (Å²) >= 11 is 0. The quantitative estimate of drug-likeness (QED) is 0.273. The first-order valence-corrected chi connectivity index (χ1v) is 5.34. The fourth-order valence-corrected chi connectivity index (χ4v) is 1.34. The van der Waals surface area contributed by atoms with Gasteiger partial charge in [-0.3, -0.25) is 8.98 Å². The van der Waals surface area contributed by atoms with Crippen LogP contribution in [0.5, 0.6) is 0 Å². The van der Waals surface area contributed by atoms with Crippen molar-refractivity contribution in [3.8, 4) is 0 Å². The second kappa shape index (κ2) is 8.43. The molecule has 0 aliphatic rings. The molecule has 0 aliphatic carbocycles. The number of aldehydes is 1. The predicted octanol–water partition coefficient (Wildman–Crippen LogP) is -0.646. The van der Waals surface area contributed by atoms with Gasteiger partial charge < -0.3 is 5.32 Å². The van der Waals surface area contributed by atoms with Gasteiger partial charge in [0.15, 0.2) is 6.29 Å². The zero-order valence-corrected chi connectivity index (χ0v) is 8.26. The van der Waals surface area contributed by atoms with Crippen LogP contribution in [-0.2, 0) is 19.1 Å². The van der Waals surface area contributed by atoms with Crippen molar-refractivity contribution in [1.29, 1.82) is 0 Å². The first-order valence-electron chi connectivity index (χ1n) is 3.77. The standard InChI is InChI=1S/C7H13NO4S.Na.H/c1-3-4-12-13(10,11)6-8-7(2)5-9;;/h5,8H,2-4,6H2,1H3;;. The van der Waals surface area contributed by atoms with Gasteiger partial charge in [0.25, 0.3) is 10.1 Å². The van der Waals surface area contributed by atoms with E-state index in [1.54, 1.807) is 6.92 Å². The predicted molar refractivity (Wildman–Crippen MR) is 55.5 cm³/mol. The van der Waals surface area contributed by atoms with E-state index in [2.05, 4.69) is 16.1 Å². The van der Waals surface area contributed by atoms with E-state index < -0.39 is 16.0 Å². The van der Waals surface area contributed by atoms with E-state index in [9.17, 15) is 13.2 Å². The Morgan fingerprint density at radius 2 is 2.14 bits per heavy atom. The molecular weight excluding hydrogens is 217 g/mol. The van der Waals surface area contributed by atoms with E-state index >= 15 is 0 Å². The van der Waals surface area contributed by atoms with Crippen LogP contribution >= 0.6 is 0 Å². The summed E-state index contributed by atoms with van der Waals surface area (Å²) in [5.74, 6) is -0.426. The number of carbonyl (C=O) groups excluding carboxylic acids is 1. The molecule has 0 saturated heterocycles. The molecule has 1 N–H and O–H groups in total. The molecule has 78 valence electrons. The third-order valence-corrected chi connectivity index (χ3v) is 2.11. The van der Waals surface area contributed by atoms with E-state index in [4.69, 9.17) is 0 Å². The average molecular weight is 231 g/mol. The van der Waals surface area contributed by atoms with Gasteiger partial charge >= 0.3 is 29.6 Å². The van der Waals surface area contributed by atoms with Crippen molar-refractivity contribution in [1.82, 2.24) is 5.32 Å². The van der Waals surface area contributed by atoms with Crippen LogP contribution in [0, 0.1) is 0 Å². The number of carbonyl (C=O) groups is 1. The van der Waals surface area contributed by atoms with Crippen LogP contribution in [-0.4, -0.2) is 56.7 Å². The molecule has 0 fully saturated rings. The second-order valence-corrected chi connectivity index (χ2v) is 3.98. The van der Waals surface area contributed by atoms with E-state index in [1.807, 2.05) is 0 Å². The fraction of sp³-hybridized carbons (Fsp3) is 0.571. The summed E-state index contributed by atoms with van der Waals surface area (Å²) in [5.41, 5.74) is 0.0173.